The zero-order chi connectivity index (χ0) is 63.8. The maximum Gasteiger partial charge on any atom is 1.00 e. The second-order valence-electron chi connectivity index (χ2n) is 22.2. The van der Waals surface area contributed by atoms with Gasteiger partial charge in [0.15, 0.2) is 6.10 Å². The Bertz CT molecular complexity index is 3260. The first kappa shape index (κ1) is 69.8. The number of nitrogens with one attached hydrogen (secondary N) is 5. The monoisotopic (exact) mass is 1290 g/mol. The molecule has 4 saturated heterocycles. The molecule has 0 radical (unpaired) electrons. The summed E-state index contributed by atoms with van der Waals surface area (Å²) in [5, 5.41) is 114. The molecule has 0 bridgehead atoms. The van der Waals surface area contributed by atoms with E-state index in [-0.39, 0.29) is 59.4 Å². The molecule has 7 amide bonds. The molecule has 4 aromatic rings. The number of nitrogens with zero attached hydrogens (tertiary/aromatic N) is 6. The molecule has 3 aromatic carbocycles. The second-order valence-corrected chi connectivity index (χ2v) is 24.2. The van der Waals surface area contributed by atoms with Gasteiger partial charge in [-0.3, -0.25) is 38.6 Å². The molecule has 4 aliphatic heterocycles. The number of fused-ring (bicyclic) bond motifs is 2. The molecular weight excluding hydrogens is 1220 g/mol. The number of aromatic nitrogens is 2. The van der Waals surface area contributed by atoms with Crippen LogP contribution in [0.3, 0.4) is 0 Å². The molecule has 16 atom stereocenters. The van der Waals surface area contributed by atoms with Gasteiger partial charge in [0.05, 0.1) is 42.7 Å². The fourth-order valence-corrected chi connectivity index (χ4v) is 12.5. The van der Waals surface area contributed by atoms with Gasteiger partial charge in [-0.2, -0.15) is 0 Å². The summed E-state index contributed by atoms with van der Waals surface area (Å²) in [6.45, 7) is 13.1. The molecular formula is C56H68N11NaO19S2. The first-order valence-corrected chi connectivity index (χ1v) is 29.9. The Morgan fingerprint density at radius 3 is 2.02 bits per heavy atom. The Labute approximate surface area is 538 Å². The molecule has 10 unspecified atom stereocenters. The number of benzene rings is 3. The largest absolute Gasteiger partial charge is 1.00 e. The van der Waals surface area contributed by atoms with Crippen LogP contribution >= 0.6 is 11.3 Å². The molecule has 12 N–H and O–H groups in total. The Hall–Kier alpha value is -6.65. The van der Waals surface area contributed by atoms with Crippen LogP contribution in [-0.2, 0) is 60.4 Å². The molecule has 30 nitrogen and oxygen atoms in total. The minimum Gasteiger partial charge on any atom is -0.691 e. The van der Waals surface area contributed by atoms with Gasteiger partial charge in [0.1, 0.15) is 56.9 Å². The van der Waals surface area contributed by atoms with E-state index in [1.54, 1.807) is 12.1 Å². The van der Waals surface area contributed by atoms with Crippen molar-refractivity contribution in [3.63, 3.8) is 0 Å². The molecule has 0 aliphatic carbocycles. The smallest absolute Gasteiger partial charge is 0.691 e. The normalized spacial score (nSPS) is 28.0. The maximum absolute atomic E-state index is 14.6. The number of carbonyl (C=O) groups excluding carboxylic acids is 7. The summed E-state index contributed by atoms with van der Waals surface area (Å²) >= 11 is -1.43. The third kappa shape index (κ3) is 16.9. The number of phenolic OH excluding ortho intramolecular Hbond substituents is 1. The maximum atomic E-state index is 14.6. The number of morpholine rings is 1. The van der Waals surface area contributed by atoms with Crippen molar-refractivity contribution in [3.05, 3.63) is 89.3 Å². The number of hydrogen-bond donors (Lipinski definition) is 12. The van der Waals surface area contributed by atoms with Gasteiger partial charge in [0.2, 0.25) is 53.1 Å². The van der Waals surface area contributed by atoms with Crippen molar-refractivity contribution in [2.45, 2.75) is 137 Å². The van der Waals surface area contributed by atoms with Gasteiger partial charge in [-0.15, -0.1) is 14.5 Å². The predicted octanol–water partition coefficient (Wildman–Crippen LogP) is -6.69. The van der Waals surface area contributed by atoms with E-state index in [1.807, 2.05) is 38.1 Å². The summed E-state index contributed by atoms with van der Waals surface area (Å²) in [6.07, 6.45) is -12.5. The molecule has 33 heteroatoms. The quantitative estimate of drug-likeness (QED) is 0.0242. The number of ether oxygens (including phenoxy) is 1. The SMILES string of the molecule is [C-]#[N+]C[C@@H](O)[C@@H]1NC(=O)C([C@H](O)Cc2ccc(O)c(S(=O)OO[O-])c2)NC(=O)C2CC(O)CN2C(=O)C(C(C)O)NC(=O)[C@@H](NC(=O)c2ccc(-c3nnc(-c4ccc(N5CC(C)OC(C)C5)cc4)s3)cc2)C[C@H](O)CNC(=O)C2[C@@H](O)C(C)CN2C1=O.[Na+]. The number of rotatable bonds is 14. The van der Waals surface area contributed by atoms with Gasteiger partial charge in [-0.05, 0) is 74.9 Å². The van der Waals surface area contributed by atoms with Gasteiger partial charge < -0.3 is 91.9 Å². The number of phenols is 1. The zero-order valence-corrected chi connectivity index (χ0v) is 52.5. The standard InChI is InChI=1S/C56H69N11O19S2.Na/c1-26-22-67-46(47(26)74)52(79)58-20-35(69)18-37(59-48(75)31-7-9-32(10-8-31)53-63-64-54(87-53)33-11-13-34(14-12-33)65-23-27(2)84-28(3)24-65)49(76)60-43(29(4)68)55(80)66-25-36(70)19-38(66)50(77)61-44(51(78)62-45(56(67)81)41(73)21-57-5)40(72)16-30-6-15-39(71)42(17-30)88(83)86-85-82;/h6-15,17,26-29,35-38,40-41,43-47,68-74,82H,16,18-25H2,1-4H3,(H,58,79)(H,59,75)(H,60,76)(H,61,77)(H,62,78);/q;+1/p-1/t26?,27?,28?,29?,35-,36?,37-,38?,40+,41+,43?,44?,45-,46?,47-,88?;/m0./s1. The average molecular weight is 1290 g/mol. The number of hydrogen-bond acceptors (Lipinski definition) is 23. The Morgan fingerprint density at radius 2 is 1.40 bits per heavy atom. The van der Waals surface area contributed by atoms with Crippen LogP contribution in [0.2, 0.25) is 0 Å². The van der Waals surface area contributed by atoms with Gasteiger partial charge >= 0.3 is 29.6 Å². The molecule has 0 spiro atoms. The molecule has 89 heavy (non-hydrogen) atoms. The van der Waals surface area contributed by atoms with Crippen molar-refractivity contribution in [3.8, 4) is 26.9 Å². The number of amides is 7. The van der Waals surface area contributed by atoms with Crippen molar-refractivity contribution in [2.24, 2.45) is 5.92 Å². The van der Waals surface area contributed by atoms with Crippen LogP contribution in [-0.4, -0.2) is 226 Å². The van der Waals surface area contributed by atoms with Gasteiger partial charge in [0.25, 0.3) is 5.91 Å². The van der Waals surface area contributed by atoms with Crippen LogP contribution in [0.4, 0.5) is 5.69 Å². The number of aliphatic hydroxyl groups is 6. The molecule has 1 aromatic heterocycles. The Kier molecular flexibility index (Phi) is 24.2. The summed E-state index contributed by atoms with van der Waals surface area (Å²) in [7, 11) is 0. The van der Waals surface area contributed by atoms with Crippen LogP contribution in [0.25, 0.3) is 26.0 Å². The summed E-state index contributed by atoms with van der Waals surface area (Å²) in [5.74, 6) is -9.72. The summed E-state index contributed by atoms with van der Waals surface area (Å²) in [6, 6.07) is 5.52. The van der Waals surface area contributed by atoms with Crippen molar-refractivity contribution < 1.29 is 122 Å². The van der Waals surface area contributed by atoms with Gasteiger partial charge in [-0.25, -0.2) is 10.8 Å². The molecule has 5 heterocycles. The number of aromatic hydroxyl groups is 1. The predicted molar refractivity (Wildman–Crippen MR) is 306 cm³/mol. The molecule has 4 fully saturated rings. The van der Waals surface area contributed by atoms with E-state index in [1.165, 1.54) is 36.5 Å². The molecule has 4 aliphatic rings. The summed E-state index contributed by atoms with van der Waals surface area (Å²) in [5.41, 5.74) is 2.43. The van der Waals surface area contributed by atoms with E-state index in [0.717, 1.165) is 53.2 Å². The van der Waals surface area contributed by atoms with Crippen molar-refractivity contribution >= 4 is 69.5 Å². The molecule has 8 rings (SSSR count). The van der Waals surface area contributed by atoms with E-state index in [4.69, 9.17) is 11.3 Å². The molecule has 0 saturated carbocycles. The second kappa shape index (κ2) is 30.9. The minimum atomic E-state index is -2.73. The molecule has 474 valence electrons. The minimum absolute atomic E-state index is 0. The topological polar surface area (TPSA) is 429 Å². The fraction of sp³-hybridized carbons (Fsp3) is 0.500. The van der Waals surface area contributed by atoms with Gasteiger partial charge in [-0.1, -0.05) is 36.5 Å². The van der Waals surface area contributed by atoms with Crippen molar-refractivity contribution in [2.75, 3.05) is 44.2 Å². The zero-order valence-electron chi connectivity index (χ0n) is 48.9. The van der Waals surface area contributed by atoms with E-state index >= 15 is 0 Å². The summed E-state index contributed by atoms with van der Waals surface area (Å²) < 4.78 is 22.4. The van der Waals surface area contributed by atoms with Crippen LogP contribution in [0.15, 0.2) is 71.6 Å². The first-order chi connectivity index (χ1) is 41.8. The Morgan fingerprint density at radius 1 is 0.798 bits per heavy atom. The van der Waals surface area contributed by atoms with E-state index < -0.39 is 181 Å². The number of aliphatic hydroxyl groups excluding tert-OH is 6. The van der Waals surface area contributed by atoms with Gasteiger partial charge in [0, 0.05) is 80.3 Å². The number of β-amino-alcohol motifs (C(OH)–C–C–N with tert-alkyl or cyclic N) is 1. The van der Waals surface area contributed by atoms with Crippen molar-refractivity contribution in [1.29, 1.82) is 0 Å². The number of carbonyl (C=O) groups is 7. The average Bonchev–Trinajstić information content (AvgIpc) is 1.88. The van der Waals surface area contributed by atoms with Crippen molar-refractivity contribution in [1.82, 2.24) is 46.6 Å². The third-order valence-corrected chi connectivity index (χ3v) is 17.4. The first-order valence-electron chi connectivity index (χ1n) is 28.0. The third-order valence-electron chi connectivity index (χ3n) is 15.5. The van der Waals surface area contributed by atoms with Crippen LogP contribution in [0, 0.1) is 12.5 Å². The van der Waals surface area contributed by atoms with Crippen LogP contribution < -0.4 is 66.3 Å². The fourth-order valence-electron chi connectivity index (χ4n) is 11.0. The van der Waals surface area contributed by atoms with Crippen LogP contribution in [0.1, 0.15) is 56.5 Å². The van der Waals surface area contributed by atoms with E-state index in [9.17, 15) is 78.8 Å². The Balaban J connectivity index is 0.0000113. The summed E-state index contributed by atoms with van der Waals surface area (Å²) in [4.78, 5) is 107. The van der Waals surface area contributed by atoms with E-state index in [2.05, 4.69) is 55.9 Å². The number of anilines is 1. The van der Waals surface area contributed by atoms with E-state index in [0.29, 0.717) is 15.6 Å². The van der Waals surface area contributed by atoms with Crippen LogP contribution in [0.5, 0.6) is 5.75 Å².